The molecule has 4 heterocycles. The van der Waals surface area contributed by atoms with Gasteiger partial charge in [0, 0.05) is 77.1 Å². The highest BCUT2D eigenvalue weighted by atomic mass is 32.2. The van der Waals surface area contributed by atoms with Gasteiger partial charge >= 0.3 is 6.03 Å². The molecule has 3 fully saturated rings. The number of rotatable bonds is 8. The van der Waals surface area contributed by atoms with Crippen LogP contribution in [0.25, 0.3) is 0 Å². The van der Waals surface area contributed by atoms with E-state index in [0.29, 0.717) is 50.7 Å². The minimum absolute atomic E-state index is 0. The van der Waals surface area contributed by atoms with Crippen molar-refractivity contribution >= 4 is 41.0 Å². The molecule has 50 heavy (non-hydrogen) atoms. The standard InChI is InChI=1S/C39H55FN6O3S.H2/c1-27(2)42-22-24-44(25-23-42)34-30(11-9-12-31(34)40)35-46(21-17-38(3,4)5)36(48)39(6,50-35)26-33(47)43-18-15-29(16-19-43)45-20-14-28-10-7-8-13-32(28)41-37(45)49;/h7-13,27,29,35H,14-26H2,1-6H3,(H,41,49);1H/t35-,39-;/m1./s1. The molecule has 0 spiro atoms. The van der Waals surface area contributed by atoms with Crippen LogP contribution in [0.5, 0.6) is 0 Å². The van der Waals surface area contributed by atoms with Gasteiger partial charge in [0.05, 0.1) is 12.1 Å². The van der Waals surface area contributed by atoms with Gasteiger partial charge in [0.1, 0.15) is 15.9 Å². The molecule has 2 aromatic rings. The molecule has 2 atom stereocenters. The van der Waals surface area contributed by atoms with E-state index < -0.39 is 10.1 Å². The first kappa shape index (κ1) is 36.5. The molecule has 0 aromatic heterocycles. The molecule has 0 unspecified atom stereocenters. The minimum Gasteiger partial charge on any atom is -0.366 e. The molecular weight excluding hydrogens is 652 g/mol. The van der Waals surface area contributed by atoms with Gasteiger partial charge < -0.3 is 24.9 Å². The number of carbonyl (C=O) groups excluding carboxylic acids is 3. The van der Waals surface area contributed by atoms with E-state index in [0.717, 1.165) is 55.8 Å². The van der Waals surface area contributed by atoms with E-state index in [1.807, 2.05) is 45.9 Å². The van der Waals surface area contributed by atoms with Gasteiger partial charge in [-0.2, -0.15) is 0 Å². The number of para-hydroxylation sites is 2. The van der Waals surface area contributed by atoms with E-state index in [9.17, 15) is 14.4 Å². The maximum absolute atomic E-state index is 15.8. The lowest BCUT2D eigenvalue weighted by Crippen LogP contribution is -2.51. The van der Waals surface area contributed by atoms with Crippen molar-refractivity contribution in [3.05, 3.63) is 59.4 Å². The van der Waals surface area contributed by atoms with Gasteiger partial charge in [0.15, 0.2) is 0 Å². The number of piperidine rings is 1. The Morgan fingerprint density at radius 1 is 1.00 bits per heavy atom. The van der Waals surface area contributed by atoms with Crippen molar-refractivity contribution in [1.82, 2.24) is 19.6 Å². The molecule has 11 heteroatoms. The lowest BCUT2D eigenvalue weighted by molar-refractivity contribution is -0.139. The SMILES string of the molecule is CC(C)N1CCN(c2c(F)cccc2[C@H]2S[C@](C)(CC(=O)N3CCC(N4CCc5ccccc5NC4=O)CC3)C(=O)N2CCC(C)(C)C)CC1.[HH]. The zero-order valence-corrected chi connectivity index (χ0v) is 31.5. The molecule has 9 nitrogen and oxygen atoms in total. The predicted octanol–water partition coefficient (Wildman–Crippen LogP) is 6.84. The topological polar surface area (TPSA) is 79.4 Å². The molecule has 4 aliphatic heterocycles. The Labute approximate surface area is 303 Å². The summed E-state index contributed by atoms with van der Waals surface area (Å²) >= 11 is 1.50. The van der Waals surface area contributed by atoms with E-state index >= 15 is 4.39 Å². The number of anilines is 2. The molecule has 0 aliphatic carbocycles. The van der Waals surface area contributed by atoms with Crippen molar-refractivity contribution in [1.29, 1.82) is 0 Å². The van der Waals surface area contributed by atoms with Crippen LogP contribution in [0.1, 0.15) is 85.2 Å². The molecule has 6 rings (SSSR count). The van der Waals surface area contributed by atoms with Gasteiger partial charge in [-0.1, -0.05) is 51.1 Å². The summed E-state index contributed by atoms with van der Waals surface area (Å²) in [6, 6.07) is 13.6. The molecule has 274 valence electrons. The first-order chi connectivity index (χ1) is 23.7. The number of hydrogen-bond acceptors (Lipinski definition) is 6. The lowest BCUT2D eigenvalue weighted by atomic mass is 9.91. The fraction of sp³-hybridized carbons (Fsp3) is 0.615. The van der Waals surface area contributed by atoms with Crippen molar-refractivity contribution in [2.24, 2.45) is 5.41 Å². The fourth-order valence-corrected chi connectivity index (χ4v) is 9.45. The van der Waals surface area contributed by atoms with E-state index in [1.165, 1.54) is 17.8 Å². The summed E-state index contributed by atoms with van der Waals surface area (Å²) in [5.74, 6) is -0.361. The normalized spacial score (nSPS) is 24.1. The molecular formula is C39H57FN6O3S. The summed E-state index contributed by atoms with van der Waals surface area (Å²) < 4.78 is 14.8. The third kappa shape index (κ3) is 7.78. The smallest absolute Gasteiger partial charge is 0.322 e. The van der Waals surface area contributed by atoms with Crippen LogP contribution in [0.3, 0.4) is 0 Å². The number of urea groups is 1. The number of nitrogens with one attached hydrogen (secondary N) is 1. The Kier molecular flexibility index (Phi) is 10.8. The summed E-state index contributed by atoms with van der Waals surface area (Å²) in [5, 5.41) is 2.68. The molecule has 0 bridgehead atoms. The van der Waals surface area contributed by atoms with Crippen LogP contribution in [0.4, 0.5) is 20.6 Å². The summed E-state index contributed by atoms with van der Waals surface area (Å²) in [4.78, 5) is 51.8. The van der Waals surface area contributed by atoms with E-state index in [-0.39, 0.29) is 43.0 Å². The van der Waals surface area contributed by atoms with Gasteiger partial charge in [-0.3, -0.25) is 14.5 Å². The third-order valence-electron chi connectivity index (χ3n) is 11.0. The highest BCUT2D eigenvalue weighted by molar-refractivity contribution is 8.02. The summed E-state index contributed by atoms with van der Waals surface area (Å²) in [7, 11) is 0. The second-order valence-electron chi connectivity index (χ2n) is 16.1. The molecule has 0 saturated carbocycles. The number of halogens is 1. The van der Waals surface area contributed by atoms with E-state index in [2.05, 4.69) is 55.8 Å². The summed E-state index contributed by atoms with van der Waals surface area (Å²) in [6.45, 7) is 18.2. The molecule has 3 saturated heterocycles. The monoisotopic (exact) mass is 708 g/mol. The summed E-state index contributed by atoms with van der Waals surface area (Å²) in [5.41, 5.74) is 3.40. The van der Waals surface area contributed by atoms with Crippen molar-refractivity contribution in [2.45, 2.75) is 95.9 Å². The third-order valence-corrected chi connectivity index (χ3v) is 12.6. The number of carbonyl (C=O) groups is 3. The maximum Gasteiger partial charge on any atom is 0.322 e. The van der Waals surface area contributed by atoms with Crippen LogP contribution in [0.15, 0.2) is 42.5 Å². The van der Waals surface area contributed by atoms with Crippen LogP contribution in [0, 0.1) is 11.2 Å². The van der Waals surface area contributed by atoms with Crippen LogP contribution in [0.2, 0.25) is 0 Å². The first-order valence-electron chi connectivity index (χ1n) is 18.4. The number of hydrogen-bond donors (Lipinski definition) is 1. The van der Waals surface area contributed by atoms with E-state index in [1.54, 1.807) is 6.07 Å². The molecule has 4 amide bonds. The number of piperazine rings is 1. The average Bonchev–Trinajstić information content (AvgIpc) is 3.20. The molecule has 1 N–H and O–H groups in total. The number of amides is 4. The Morgan fingerprint density at radius 2 is 1.70 bits per heavy atom. The van der Waals surface area contributed by atoms with Crippen LogP contribution < -0.4 is 10.2 Å². The Bertz CT molecular complexity index is 1570. The Hall–Kier alpha value is -3.31. The van der Waals surface area contributed by atoms with Crippen LogP contribution >= 0.6 is 11.8 Å². The zero-order valence-electron chi connectivity index (χ0n) is 30.7. The first-order valence-corrected chi connectivity index (χ1v) is 19.3. The fourth-order valence-electron chi connectivity index (χ4n) is 7.89. The number of benzene rings is 2. The molecule has 4 aliphatic rings. The Balaban J connectivity index is 0.00000504. The number of likely N-dealkylation sites (tertiary alicyclic amines) is 1. The highest BCUT2D eigenvalue weighted by Gasteiger charge is 2.52. The number of nitrogens with zero attached hydrogens (tertiary/aromatic N) is 5. The Morgan fingerprint density at radius 3 is 2.38 bits per heavy atom. The minimum atomic E-state index is -0.979. The second kappa shape index (κ2) is 14.7. The maximum atomic E-state index is 15.8. The lowest BCUT2D eigenvalue weighted by Gasteiger charge is -2.40. The van der Waals surface area contributed by atoms with Gasteiger partial charge in [0.25, 0.3) is 0 Å². The predicted molar refractivity (Wildman–Crippen MR) is 202 cm³/mol. The molecule has 2 aromatic carbocycles. The zero-order chi connectivity index (χ0) is 35.8. The van der Waals surface area contributed by atoms with E-state index in [4.69, 9.17) is 0 Å². The van der Waals surface area contributed by atoms with Crippen molar-refractivity contribution in [3.8, 4) is 0 Å². The van der Waals surface area contributed by atoms with Crippen molar-refractivity contribution in [3.63, 3.8) is 0 Å². The quantitative estimate of drug-likeness (QED) is 0.324. The van der Waals surface area contributed by atoms with Crippen LogP contribution in [-0.2, 0) is 16.0 Å². The van der Waals surface area contributed by atoms with Crippen LogP contribution in [-0.4, -0.2) is 107 Å². The average molecular weight is 709 g/mol. The van der Waals surface area contributed by atoms with Crippen molar-refractivity contribution in [2.75, 3.05) is 62.6 Å². The summed E-state index contributed by atoms with van der Waals surface area (Å²) in [6.07, 6.45) is 3.07. The van der Waals surface area contributed by atoms with Crippen molar-refractivity contribution < 1.29 is 20.2 Å². The number of thioether (sulfide) groups is 1. The van der Waals surface area contributed by atoms with Gasteiger partial charge in [-0.25, -0.2) is 9.18 Å². The van der Waals surface area contributed by atoms with Gasteiger partial charge in [-0.15, -0.1) is 11.8 Å². The number of fused-ring (bicyclic) bond motifs is 1. The highest BCUT2D eigenvalue weighted by Crippen LogP contribution is 2.53. The second-order valence-corrected chi connectivity index (χ2v) is 17.7. The largest absolute Gasteiger partial charge is 0.366 e. The van der Waals surface area contributed by atoms with Gasteiger partial charge in [0.2, 0.25) is 11.8 Å². The molecule has 0 radical (unpaired) electrons. The van der Waals surface area contributed by atoms with Gasteiger partial charge in [-0.05, 0) is 69.6 Å².